The van der Waals surface area contributed by atoms with Gasteiger partial charge < -0.3 is 5.32 Å². The van der Waals surface area contributed by atoms with Gasteiger partial charge in [0.15, 0.2) is 0 Å². The lowest BCUT2D eigenvalue weighted by atomic mass is 10.1. The Morgan fingerprint density at radius 1 is 1.28 bits per heavy atom. The number of aryl methyl sites for hydroxylation is 1. The third-order valence-corrected chi connectivity index (χ3v) is 5.63. The standard InChI is InChI=1S/C16H21N5O3S/c1-12-3-4-14(20-10-7-17-11-20)19-15(12)16(22)18-13-5-8-21(9-6-13)25(2,23)24/h3-4,7,10-11,13H,5-6,8-9H2,1-2H3,(H,18,22). The van der Waals surface area contributed by atoms with Crippen LogP contribution in [0, 0.1) is 6.92 Å². The van der Waals surface area contributed by atoms with E-state index in [0.717, 1.165) is 5.56 Å². The molecule has 1 aliphatic rings. The van der Waals surface area contributed by atoms with Crippen LogP contribution in [-0.2, 0) is 10.0 Å². The third-order valence-electron chi connectivity index (χ3n) is 4.32. The van der Waals surface area contributed by atoms with E-state index >= 15 is 0 Å². The number of pyridine rings is 1. The van der Waals surface area contributed by atoms with Crippen molar-refractivity contribution in [2.75, 3.05) is 19.3 Å². The van der Waals surface area contributed by atoms with Crippen molar-refractivity contribution in [2.24, 2.45) is 0 Å². The van der Waals surface area contributed by atoms with E-state index < -0.39 is 10.0 Å². The van der Waals surface area contributed by atoms with Crippen LogP contribution in [0.3, 0.4) is 0 Å². The molecule has 0 bridgehead atoms. The van der Waals surface area contributed by atoms with Crippen LogP contribution in [0.2, 0.25) is 0 Å². The van der Waals surface area contributed by atoms with Gasteiger partial charge in [-0.2, -0.15) is 0 Å². The van der Waals surface area contributed by atoms with E-state index in [1.54, 1.807) is 23.3 Å². The van der Waals surface area contributed by atoms with Gasteiger partial charge in [-0.1, -0.05) is 6.07 Å². The average molecular weight is 363 g/mol. The molecular formula is C16H21N5O3S. The second-order valence-electron chi connectivity index (χ2n) is 6.21. The fourth-order valence-electron chi connectivity index (χ4n) is 2.87. The van der Waals surface area contributed by atoms with Gasteiger partial charge in [0.1, 0.15) is 17.8 Å². The molecule has 134 valence electrons. The monoisotopic (exact) mass is 363 g/mol. The quantitative estimate of drug-likeness (QED) is 0.864. The van der Waals surface area contributed by atoms with Crippen molar-refractivity contribution in [2.45, 2.75) is 25.8 Å². The van der Waals surface area contributed by atoms with Crippen molar-refractivity contribution in [3.63, 3.8) is 0 Å². The highest BCUT2D eigenvalue weighted by Crippen LogP contribution is 2.15. The highest BCUT2D eigenvalue weighted by atomic mass is 32.2. The van der Waals surface area contributed by atoms with Crippen LogP contribution in [0.25, 0.3) is 5.82 Å². The van der Waals surface area contributed by atoms with Crippen molar-refractivity contribution < 1.29 is 13.2 Å². The SMILES string of the molecule is Cc1ccc(-n2ccnc2)nc1C(=O)NC1CCN(S(C)(=O)=O)CC1. The Morgan fingerprint density at radius 3 is 2.60 bits per heavy atom. The number of nitrogens with zero attached hydrogens (tertiary/aromatic N) is 4. The molecule has 25 heavy (non-hydrogen) atoms. The molecule has 0 saturated carbocycles. The van der Waals surface area contributed by atoms with Gasteiger partial charge in [-0.3, -0.25) is 9.36 Å². The lowest BCUT2D eigenvalue weighted by molar-refractivity contribution is 0.0918. The normalized spacial score (nSPS) is 16.7. The van der Waals surface area contributed by atoms with Gasteiger partial charge in [0.05, 0.1) is 6.26 Å². The summed E-state index contributed by atoms with van der Waals surface area (Å²) in [6.45, 7) is 2.68. The molecular weight excluding hydrogens is 342 g/mol. The van der Waals surface area contributed by atoms with E-state index in [2.05, 4.69) is 15.3 Å². The Labute approximate surface area is 146 Å². The first-order valence-corrected chi connectivity index (χ1v) is 9.91. The Morgan fingerprint density at radius 2 is 2.00 bits per heavy atom. The Balaban J connectivity index is 1.69. The topological polar surface area (TPSA) is 97.2 Å². The molecule has 1 saturated heterocycles. The van der Waals surface area contributed by atoms with Gasteiger partial charge in [0, 0.05) is 31.5 Å². The Kier molecular flexibility index (Phi) is 4.87. The minimum absolute atomic E-state index is 0.0522. The van der Waals surface area contributed by atoms with Crippen molar-refractivity contribution in [1.29, 1.82) is 0 Å². The number of rotatable bonds is 4. The van der Waals surface area contributed by atoms with Gasteiger partial charge >= 0.3 is 0 Å². The predicted octanol–water partition coefficient (Wildman–Crippen LogP) is 0.730. The van der Waals surface area contributed by atoms with Crippen LogP contribution in [0.5, 0.6) is 0 Å². The third kappa shape index (κ3) is 4.05. The van der Waals surface area contributed by atoms with E-state index in [1.165, 1.54) is 10.6 Å². The zero-order valence-electron chi connectivity index (χ0n) is 14.2. The molecule has 1 aliphatic heterocycles. The summed E-state index contributed by atoms with van der Waals surface area (Å²) in [7, 11) is -3.17. The fraction of sp³-hybridized carbons (Fsp3) is 0.438. The second kappa shape index (κ2) is 6.93. The maximum Gasteiger partial charge on any atom is 0.270 e. The second-order valence-corrected chi connectivity index (χ2v) is 8.20. The first-order chi connectivity index (χ1) is 11.8. The Bertz CT molecular complexity index is 856. The lowest BCUT2D eigenvalue weighted by Gasteiger charge is -2.30. The summed E-state index contributed by atoms with van der Waals surface area (Å²) in [5, 5.41) is 2.97. The van der Waals surface area contributed by atoms with Crippen molar-refractivity contribution in [3.8, 4) is 5.82 Å². The zero-order chi connectivity index (χ0) is 18.0. The Hall–Kier alpha value is -2.26. The van der Waals surface area contributed by atoms with E-state index in [4.69, 9.17) is 0 Å². The van der Waals surface area contributed by atoms with Crippen LogP contribution >= 0.6 is 0 Å². The molecule has 0 atom stereocenters. The maximum atomic E-state index is 12.6. The van der Waals surface area contributed by atoms with Gasteiger partial charge in [-0.15, -0.1) is 0 Å². The number of amides is 1. The summed E-state index contributed by atoms with van der Waals surface area (Å²) in [6.07, 6.45) is 7.44. The number of sulfonamides is 1. The number of imidazole rings is 1. The van der Waals surface area contributed by atoms with Crippen molar-refractivity contribution in [1.82, 2.24) is 24.2 Å². The fourth-order valence-corrected chi connectivity index (χ4v) is 3.75. The summed E-state index contributed by atoms with van der Waals surface area (Å²) in [6, 6.07) is 3.63. The zero-order valence-corrected chi connectivity index (χ0v) is 15.0. The van der Waals surface area contributed by atoms with Gasteiger partial charge in [0.25, 0.3) is 5.91 Å². The molecule has 0 unspecified atom stereocenters. The van der Waals surface area contributed by atoms with E-state index in [9.17, 15) is 13.2 Å². The van der Waals surface area contributed by atoms with E-state index in [0.29, 0.717) is 37.4 Å². The van der Waals surface area contributed by atoms with Gasteiger partial charge in [0.2, 0.25) is 10.0 Å². The summed E-state index contributed by atoms with van der Waals surface area (Å²) >= 11 is 0. The van der Waals surface area contributed by atoms with Gasteiger partial charge in [-0.25, -0.2) is 22.7 Å². The molecule has 2 aromatic rings. The smallest absolute Gasteiger partial charge is 0.270 e. The molecule has 3 heterocycles. The van der Waals surface area contributed by atoms with Crippen LogP contribution in [0.1, 0.15) is 28.9 Å². The highest BCUT2D eigenvalue weighted by Gasteiger charge is 2.26. The molecule has 2 aromatic heterocycles. The van der Waals surface area contributed by atoms with Crippen LogP contribution < -0.4 is 5.32 Å². The molecule has 9 heteroatoms. The van der Waals surface area contributed by atoms with Crippen LogP contribution in [0.4, 0.5) is 0 Å². The summed E-state index contributed by atoms with van der Waals surface area (Å²) in [5.41, 5.74) is 1.16. The van der Waals surface area contributed by atoms with Gasteiger partial charge in [-0.05, 0) is 31.4 Å². The minimum Gasteiger partial charge on any atom is -0.348 e. The van der Waals surface area contributed by atoms with E-state index in [1.807, 2.05) is 19.1 Å². The number of carbonyl (C=O) groups excluding carboxylic acids is 1. The molecule has 1 amide bonds. The lowest BCUT2D eigenvalue weighted by Crippen LogP contribution is -2.46. The van der Waals surface area contributed by atoms with Crippen molar-refractivity contribution >= 4 is 15.9 Å². The molecule has 0 aromatic carbocycles. The average Bonchev–Trinajstić information content (AvgIpc) is 3.09. The first-order valence-electron chi connectivity index (χ1n) is 8.06. The number of nitrogens with one attached hydrogen (secondary N) is 1. The number of hydrogen-bond donors (Lipinski definition) is 1. The summed E-state index contributed by atoms with van der Waals surface area (Å²) < 4.78 is 26.3. The first kappa shape index (κ1) is 17.6. The highest BCUT2D eigenvalue weighted by molar-refractivity contribution is 7.88. The summed E-state index contributed by atoms with van der Waals surface area (Å²) in [4.78, 5) is 21.0. The van der Waals surface area contributed by atoms with Crippen LogP contribution in [0.15, 0.2) is 30.9 Å². The number of aromatic nitrogens is 3. The van der Waals surface area contributed by atoms with Crippen LogP contribution in [-0.4, -0.2) is 58.6 Å². The number of carbonyl (C=O) groups is 1. The molecule has 1 fully saturated rings. The minimum atomic E-state index is -3.17. The molecule has 0 spiro atoms. The molecule has 8 nitrogen and oxygen atoms in total. The molecule has 3 rings (SSSR count). The maximum absolute atomic E-state index is 12.6. The van der Waals surface area contributed by atoms with E-state index in [-0.39, 0.29) is 11.9 Å². The molecule has 0 aliphatic carbocycles. The number of hydrogen-bond acceptors (Lipinski definition) is 5. The molecule has 1 N–H and O–H groups in total. The van der Waals surface area contributed by atoms with Crippen molar-refractivity contribution in [3.05, 3.63) is 42.1 Å². The predicted molar refractivity (Wildman–Crippen MR) is 93.0 cm³/mol. The largest absolute Gasteiger partial charge is 0.348 e. The summed E-state index contributed by atoms with van der Waals surface area (Å²) in [5.74, 6) is 0.386. The molecule has 0 radical (unpaired) electrons. The number of piperidine rings is 1.